The summed E-state index contributed by atoms with van der Waals surface area (Å²) in [6.45, 7) is 6.17. The van der Waals surface area contributed by atoms with Gasteiger partial charge in [-0.05, 0) is 30.9 Å². The summed E-state index contributed by atoms with van der Waals surface area (Å²) in [6, 6.07) is 3.18. The summed E-state index contributed by atoms with van der Waals surface area (Å²) in [6.07, 6.45) is 6.45. The van der Waals surface area contributed by atoms with Crippen molar-refractivity contribution in [3.63, 3.8) is 0 Å². The van der Waals surface area contributed by atoms with Crippen LogP contribution in [-0.2, 0) is 16.1 Å². The Morgan fingerprint density at radius 1 is 1.34 bits per heavy atom. The van der Waals surface area contributed by atoms with Crippen molar-refractivity contribution in [2.75, 3.05) is 6.54 Å². The highest BCUT2D eigenvalue weighted by Crippen LogP contribution is 2.35. The Kier molecular flexibility index (Phi) is 6.10. The minimum Gasteiger partial charge on any atom is -0.445 e. The zero-order valence-corrected chi connectivity index (χ0v) is 17.0. The van der Waals surface area contributed by atoms with Gasteiger partial charge in [-0.25, -0.2) is 4.98 Å². The number of nitrogens with zero attached hydrogens (tertiary/aromatic N) is 3. The van der Waals surface area contributed by atoms with E-state index in [0.29, 0.717) is 31.7 Å². The molecular weight excluding hydrogens is 372 g/mol. The zero-order chi connectivity index (χ0) is 21.0. The van der Waals surface area contributed by atoms with E-state index in [1.54, 1.807) is 32.3 Å². The van der Waals surface area contributed by atoms with Gasteiger partial charge in [0, 0.05) is 30.9 Å². The molecule has 0 saturated carbocycles. The number of carbonyl (C=O) groups is 3. The van der Waals surface area contributed by atoms with Crippen LogP contribution < -0.4 is 5.32 Å². The normalized spacial score (nSPS) is 16.7. The largest absolute Gasteiger partial charge is 0.445 e. The van der Waals surface area contributed by atoms with Gasteiger partial charge in [-0.1, -0.05) is 26.8 Å². The maximum Gasteiger partial charge on any atom is 0.291 e. The van der Waals surface area contributed by atoms with Crippen molar-refractivity contribution in [3.05, 3.63) is 47.9 Å². The maximum atomic E-state index is 12.9. The number of ketones is 1. The fourth-order valence-electron chi connectivity index (χ4n) is 3.29. The van der Waals surface area contributed by atoms with Gasteiger partial charge in [0.05, 0.1) is 6.04 Å². The molecule has 0 radical (unpaired) electrons. The van der Waals surface area contributed by atoms with Crippen LogP contribution in [0.3, 0.4) is 0 Å². The van der Waals surface area contributed by atoms with Crippen molar-refractivity contribution in [3.8, 4) is 0 Å². The standard InChI is InChI=1S/C21H26N4O4/c1-4-21(2,3)18(26)20(28)25-10-6-8-15(25)17-16(24-13-29-17)19(27)23-12-14-7-5-9-22-11-14/h5,7,9,11,13,15H,4,6,8,10,12H2,1-3H3,(H,23,27)/t15-/m0/s1. The van der Waals surface area contributed by atoms with E-state index in [0.717, 1.165) is 12.0 Å². The molecule has 3 heterocycles. The lowest BCUT2D eigenvalue weighted by molar-refractivity contribution is -0.150. The fraction of sp³-hybridized carbons (Fsp3) is 0.476. The fourth-order valence-corrected chi connectivity index (χ4v) is 3.29. The zero-order valence-electron chi connectivity index (χ0n) is 17.0. The smallest absolute Gasteiger partial charge is 0.291 e. The van der Waals surface area contributed by atoms with Crippen molar-refractivity contribution < 1.29 is 18.8 Å². The summed E-state index contributed by atoms with van der Waals surface area (Å²) in [5, 5.41) is 2.79. The highest BCUT2D eigenvalue weighted by molar-refractivity contribution is 6.38. The van der Waals surface area contributed by atoms with Gasteiger partial charge in [-0.3, -0.25) is 19.4 Å². The van der Waals surface area contributed by atoms with Gasteiger partial charge in [-0.15, -0.1) is 0 Å². The van der Waals surface area contributed by atoms with Crippen LogP contribution in [-0.4, -0.2) is 39.0 Å². The Morgan fingerprint density at radius 3 is 2.83 bits per heavy atom. The van der Waals surface area contributed by atoms with Crippen LogP contribution in [0, 0.1) is 5.41 Å². The van der Waals surface area contributed by atoms with Gasteiger partial charge < -0.3 is 14.6 Å². The highest BCUT2D eigenvalue weighted by Gasteiger charge is 2.41. The lowest BCUT2D eigenvalue weighted by atomic mass is 9.84. The molecule has 1 N–H and O–H groups in total. The molecule has 2 aromatic heterocycles. The number of rotatable bonds is 7. The molecule has 0 aliphatic carbocycles. The number of carbonyl (C=O) groups excluding carboxylic acids is 3. The Balaban J connectivity index is 1.75. The lowest BCUT2D eigenvalue weighted by Crippen LogP contribution is -2.42. The minimum absolute atomic E-state index is 0.140. The third kappa shape index (κ3) is 4.36. The summed E-state index contributed by atoms with van der Waals surface area (Å²) < 4.78 is 5.50. The van der Waals surface area contributed by atoms with Crippen molar-refractivity contribution in [1.82, 2.24) is 20.2 Å². The number of hydrogen-bond acceptors (Lipinski definition) is 6. The van der Waals surface area contributed by atoms with E-state index in [1.165, 1.54) is 11.3 Å². The molecule has 154 valence electrons. The summed E-state index contributed by atoms with van der Waals surface area (Å²) in [7, 11) is 0. The van der Waals surface area contributed by atoms with Crippen LogP contribution in [0.15, 0.2) is 35.3 Å². The molecule has 3 rings (SSSR count). The number of likely N-dealkylation sites (tertiary alicyclic amines) is 1. The van der Waals surface area contributed by atoms with Gasteiger partial charge in [0.1, 0.15) is 0 Å². The Hall–Kier alpha value is -3.03. The van der Waals surface area contributed by atoms with Gasteiger partial charge >= 0.3 is 0 Å². The SMILES string of the molecule is CCC(C)(C)C(=O)C(=O)N1CCC[C@H]1c1ocnc1C(=O)NCc1cccnc1. The van der Waals surface area contributed by atoms with Crippen molar-refractivity contribution in [1.29, 1.82) is 0 Å². The molecule has 1 atom stereocenters. The number of hydrogen-bond donors (Lipinski definition) is 1. The Morgan fingerprint density at radius 2 is 2.14 bits per heavy atom. The van der Waals surface area contributed by atoms with Crippen LogP contribution in [0.4, 0.5) is 0 Å². The van der Waals surface area contributed by atoms with E-state index in [1.807, 2.05) is 13.0 Å². The number of oxazole rings is 1. The molecule has 0 aromatic carbocycles. The van der Waals surface area contributed by atoms with E-state index in [4.69, 9.17) is 4.42 Å². The second-order valence-corrected chi connectivity index (χ2v) is 7.83. The van der Waals surface area contributed by atoms with Gasteiger partial charge in [0.2, 0.25) is 5.78 Å². The van der Waals surface area contributed by atoms with Gasteiger partial charge in [0.25, 0.3) is 11.8 Å². The second kappa shape index (κ2) is 8.55. The van der Waals surface area contributed by atoms with Crippen LogP contribution in [0.5, 0.6) is 0 Å². The first-order chi connectivity index (χ1) is 13.8. The van der Waals surface area contributed by atoms with Crippen LogP contribution in [0.1, 0.15) is 67.9 Å². The number of pyridine rings is 1. The highest BCUT2D eigenvalue weighted by atomic mass is 16.3. The van der Waals surface area contributed by atoms with E-state index < -0.39 is 29.1 Å². The molecule has 1 aliphatic heterocycles. The molecule has 0 bridgehead atoms. The third-order valence-electron chi connectivity index (χ3n) is 5.49. The molecule has 0 spiro atoms. The van der Waals surface area contributed by atoms with E-state index in [9.17, 15) is 14.4 Å². The van der Waals surface area contributed by atoms with Crippen LogP contribution in [0.2, 0.25) is 0 Å². The van der Waals surface area contributed by atoms with Crippen molar-refractivity contribution in [2.24, 2.45) is 5.41 Å². The van der Waals surface area contributed by atoms with Crippen LogP contribution in [0.25, 0.3) is 0 Å². The predicted molar refractivity (Wildman–Crippen MR) is 105 cm³/mol. The molecule has 1 aliphatic rings. The minimum atomic E-state index is -0.727. The molecule has 2 aromatic rings. The van der Waals surface area contributed by atoms with Crippen molar-refractivity contribution in [2.45, 2.75) is 52.6 Å². The van der Waals surface area contributed by atoms with Gasteiger partial charge in [0.15, 0.2) is 17.8 Å². The Labute approximate surface area is 169 Å². The Bertz CT molecular complexity index is 891. The van der Waals surface area contributed by atoms with Gasteiger partial charge in [-0.2, -0.15) is 0 Å². The number of Topliss-reactive ketones (excluding diaryl/α,β-unsaturated/α-hetero) is 1. The molecule has 8 heteroatoms. The number of nitrogens with one attached hydrogen (secondary N) is 1. The number of aromatic nitrogens is 2. The van der Waals surface area contributed by atoms with E-state index >= 15 is 0 Å². The summed E-state index contributed by atoms with van der Waals surface area (Å²) in [5.41, 5.74) is 0.270. The first-order valence-electron chi connectivity index (χ1n) is 9.81. The van der Waals surface area contributed by atoms with E-state index in [-0.39, 0.29) is 5.69 Å². The predicted octanol–water partition coefficient (Wildman–Crippen LogP) is 2.67. The molecule has 2 amide bonds. The molecule has 29 heavy (non-hydrogen) atoms. The monoisotopic (exact) mass is 398 g/mol. The average Bonchev–Trinajstić information content (AvgIpc) is 3.40. The molecule has 0 unspecified atom stereocenters. The first-order valence-corrected chi connectivity index (χ1v) is 9.81. The summed E-state index contributed by atoms with van der Waals surface area (Å²) >= 11 is 0. The average molecular weight is 398 g/mol. The summed E-state index contributed by atoms with van der Waals surface area (Å²) in [5.74, 6) is -1.02. The molecular formula is C21H26N4O4. The molecule has 1 fully saturated rings. The third-order valence-corrected chi connectivity index (χ3v) is 5.49. The van der Waals surface area contributed by atoms with Crippen molar-refractivity contribution >= 4 is 17.6 Å². The lowest BCUT2D eigenvalue weighted by Gasteiger charge is -2.27. The second-order valence-electron chi connectivity index (χ2n) is 7.83. The topological polar surface area (TPSA) is 105 Å². The van der Waals surface area contributed by atoms with Crippen LogP contribution >= 0.6 is 0 Å². The quantitative estimate of drug-likeness (QED) is 0.719. The summed E-state index contributed by atoms with van der Waals surface area (Å²) in [4.78, 5) is 47.7. The molecule has 1 saturated heterocycles. The van der Waals surface area contributed by atoms with E-state index in [2.05, 4.69) is 15.3 Å². The maximum absolute atomic E-state index is 12.9. The first kappa shape index (κ1) is 20.7. The molecule has 8 nitrogen and oxygen atoms in total. The number of amides is 2.